The highest BCUT2D eigenvalue weighted by Crippen LogP contribution is 2.65. The van der Waals surface area contributed by atoms with E-state index in [0.717, 1.165) is 36.5 Å². The second kappa shape index (κ2) is 7.85. The molecule has 0 radical (unpaired) electrons. The Bertz CT molecular complexity index is 672. The second-order valence-electron chi connectivity index (χ2n) is 12.2. The standard InChI is InChI=1S/C28H46O/c1-18(2)19(3)7-8-20(4)24-11-12-25-23-10-9-21-17-22(29)13-15-27(21,5)26(23)14-16-28(24,25)6/h7-8,18-22,24,26,29H,9-17H2,1-6H3/b8-7+/t19-,20+,21-,22-,24+,26+,27-,28+/m0/s1. The third-order valence-corrected chi connectivity index (χ3v) is 10.4. The average molecular weight is 399 g/mol. The number of aliphatic hydroxyl groups is 1. The van der Waals surface area contributed by atoms with Crippen LogP contribution in [0.5, 0.6) is 0 Å². The molecule has 29 heavy (non-hydrogen) atoms. The lowest BCUT2D eigenvalue weighted by Gasteiger charge is -2.56. The fourth-order valence-corrected chi connectivity index (χ4v) is 8.06. The monoisotopic (exact) mass is 398 g/mol. The minimum absolute atomic E-state index is 0.0344. The average Bonchev–Trinajstić information content (AvgIpc) is 3.03. The van der Waals surface area contributed by atoms with E-state index in [1.807, 2.05) is 11.1 Å². The van der Waals surface area contributed by atoms with E-state index in [0.29, 0.717) is 22.7 Å². The maximum atomic E-state index is 10.3. The lowest BCUT2D eigenvalue weighted by molar-refractivity contribution is -0.0377. The van der Waals surface area contributed by atoms with Crippen molar-refractivity contribution < 1.29 is 5.11 Å². The molecule has 164 valence electrons. The van der Waals surface area contributed by atoms with E-state index in [-0.39, 0.29) is 6.10 Å². The zero-order valence-corrected chi connectivity index (χ0v) is 20.0. The molecule has 0 bridgehead atoms. The van der Waals surface area contributed by atoms with Crippen molar-refractivity contribution >= 4 is 0 Å². The highest BCUT2D eigenvalue weighted by Gasteiger charge is 2.55. The molecule has 0 amide bonds. The molecule has 1 N–H and O–H groups in total. The zero-order valence-electron chi connectivity index (χ0n) is 20.0. The molecule has 0 aromatic heterocycles. The Morgan fingerprint density at radius 2 is 1.69 bits per heavy atom. The molecule has 3 saturated carbocycles. The van der Waals surface area contributed by atoms with Gasteiger partial charge in [-0.25, -0.2) is 0 Å². The molecular weight excluding hydrogens is 352 g/mol. The lowest BCUT2D eigenvalue weighted by atomic mass is 9.49. The van der Waals surface area contributed by atoms with Gasteiger partial charge in [0.25, 0.3) is 0 Å². The van der Waals surface area contributed by atoms with Gasteiger partial charge in [-0.3, -0.25) is 0 Å². The van der Waals surface area contributed by atoms with Gasteiger partial charge in [-0.1, -0.05) is 64.8 Å². The highest BCUT2D eigenvalue weighted by atomic mass is 16.3. The van der Waals surface area contributed by atoms with Gasteiger partial charge in [0.05, 0.1) is 6.10 Å². The molecule has 0 heterocycles. The smallest absolute Gasteiger partial charge is 0.0543 e. The van der Waals surface area contributed by atoms with Gasteiger partial charge in [0.1, 0.15) is 0 Å². The summed E-state index contributed by atoms with van der Waals surface area (Å²) in [6.45, 7) is 14.7. The third kappa shape index (κ3) is 3.58. The first kappa shape index (κ1) is 21.7. The van der Waals surface area contributed by atoms with Crippen molar-refractivity contribution in [3.63, 3.8) is 0 Å². The van der Waals surface area contributed by atoms with Crippen molar-refractivity contribution in [3.05, 3.63) is 23.3 Å². The van der Waals surface area contributed by atoms with Crippen molar-refractivity contribution in [1.29, 1.82) is 0 Å². The molecule has 4 rings (SSSR count). The van der Waals surface area contributed by atoms with E-state index in [1.54, 1.807) is 0 Å². The molecule has 0 spiro atoms. The SMILES string of the molecule is CC(C)[C@@H](C)/C=C/[C@@H](C)[C@H]1CCC2=C3CC[C@H]4C[C@@H](O)CC[C@]4(C)[C@@H]3CC[C@@]21C. The Morgan fingerprint density at radius 3 is 2.41 bits per heavy atom. The quantitative estimate of drug-likeness (QED) is 0.484. The van der Waals surface area contributed by atoms with Crippen LogP contribution in [0.25, 0.3) is 0 Å². The van der Waals surface area contributed by atoms with Gasteiger partial charge < -0.3 is 5.11 Å². The van der Waals surface area contributed by atoms with Gasteiger partial charge in [-0.15, -0.1) is 0 Å². The molecule has 4 aliphatic rings. The summed E-state index contributed by atoms with van der Waals surface area (Å²) in [5.41, 5.74) is 4.68. The normalized spacial score (nSPS) is 44.6. The molecule has 4 aliphatic carbocycles. The fourth-order valence-electron chi connectivity index (χ4n) is 8.06. The fraction of sp³-hybridized carbons (Fsp3) is 0.857. The van der Waals surface area contributed by atoms with Crippen LogP contribution < -0.4 is 0 Å². The van der Waals surface area contributed by atoms with Crippen LogP contribution in [0.3, 0.4) is 0 Å². The van der Waals surface area contributed by atoms with Gasteiger partial charge in [-0.2, -0.15) is 0 Å². The van der Waals surface area contributed by atoms with Crippen molar-refractivity contribution in [2.24, 2.45) is 46.3 Å². The first-order valence-corrected chi connectivity index (χ1v) is 12.8. The van der Waals surface area contributed by atoms with Crippen LogP contribution in [0, 0.1) is 46.3 Å². The van der Waals surface area contributed by atoms with E-state index in [9.17, 15) is 5.11 Å². The van der Waals surface area contributed by atoms with E-state index in [1.165, 1.54) is 44.9 Å². The van der Waals surface area contributed by atoms with Crippen molar-refractivity contribution in [2.75, 3.05) is 0 Å². The van der Waals surface area contributed by atoms with Crippen LogP contribution >= 0.6 is 0 Å². The summed E-state index contributed by atoms with van der Waals surface area (Å²) < 4.78 is 0. The van der Waals surface area contributed by atoms with E-state index in [4.69, 9.17) is 0 Å². The van der Waals surface area contributed by atoms with E-state index >= 15 is 0 Å². The van der Waals surface area contributed by atoms with Crippen LogP contribution in [-0.2, 0) is 0 Å². The molecule has 0 aliphatic heterocycles. The van der Waals surface area contributed by atoms with Crippen molar-refractivity contribution in [1.82, 2.24) is 0 Å². The predicted octanol–water partition coefficient (Wildman–Crippen LogP) is 7.55. The van der Waals surface area contributed by atoms with Crippen LogP contribution in [0.15, 0.2) is 23.3 Å². The van der Waals surface area contributed by atoms with Crippen LogP contribution in [0.1, 0.15) is 99.3 Å². The molecule has 8 atom stereocenters. The summed E-state index contributed by atoms with van der Waals surface area (Å²) in [6.07, 6.45) is 16.5. The van der Waals surface area contributed by atoms with Crippen LogP contribution in [-0.4, -0.2) is 11.2 Å². The van der Waals surface area contributed by atoms with Crippen molar-refractivity contribution in [2.45, 2.75) is 105 Å². The minimum atomic E-state index is -0.0344. The van der Waals surface area contributed by atoms with Gasteiger partial charge in [0.15, 0.2) is 0 Å². The Morgan fingerprint density at radius 1 is 0.931 bits per heavy atom. The molecular formula is C28H46O. The first-order chi connectivity index (χ1) is 13.7. The second-order valence-corrected chi connectivity index (χ2v) is 12.2. The van der Waals surface area contributed by atoms with Crippen LogP contribution in [0.2, 0.25) is 0 Å². The topological polar surface area (TPSA) is 20.2 Å². The number of fused-ring (bicyclic) bond motifs is 4. The van der Waals surface area contributed by atoms with E-state index < -0.39 is 0 Å². The molecule has 0 saturated heterocycles. The number of allylic oxidation sites excluding steroid dienone is 4. The largest absolute Gasteiger partial charge is 0.393 e. The first-order valence-electron chi connectivity index (χ1n) is 12.8. The summed E-state index contributed by atoms with van der Waals surface area (Å²) in [6, 6.07) is 0. The molecule has 0 unspecified atom stereocenters. The third-order valence-electron chi connectivity index (χ3n) is 10.4. The molecule has 1 heteroatoms. The summed E-state index contributed by atoms with van der Waals surface area (Å²) in [7, 11) is 0. The van der Waals surface area contributed by atoms with Crippen molar-refractivity contribution in [3.8, 4) is 0 Å². The molecule has 0 aromatic carbocycles. The number of aliphatic hydroxyl groups excluding tert-OH is 1. The van der Waals surface area contributed by atoms with Crippen LogP contribution in [0.4, 0.5) is 0 Å². The maximum Gasteiger partial charge on any atom is 0.0543 e. The molecule has 0 aromatic rings. The Labute approximate surface area is 180 Å². The lowest BCUT2D eigenvalue weighted by Crippen LogP contribution is -2.48. The molecule has 3 fully saturated rings. The highest BCUT2D eigenvalue weighted by molar-refractivity contribution is 5.35. The summed E-state index contributed by atoms with van der Waals surface area (Å²) in [5, 5.41) is 10.3. The maximum absolute atomic E-state index is 10.3. The predicted molar refractivity (Wildman–Crippen MR) is 124 cm³/mol. The van der Waals surface area contributed by atoms with E-state index in [2.05, 4.69) is 53.7 Å². The Balaban J connectivity index is 1.58. The zero-order chi connectivity index (χ0) is 21.0. The number of hydrogen-bond acceptors (Lipinski definition) is 1. The summed E-state index contributed by atoms with van der Waals surface area (Å²) in [4.78, 5) is 0. The van der Waals surface area contributed by atoms with Gasteiger partial charge >= 0.3 is 0 Å². The minimum Gasteiger partial charge on any atom is -0.393 e. The van der Waals surface area contributed by atoms with Gasteiger partial charge in [0, 0.05) is 0 Å². The summed E-state index contributed by atoms with van der Waals surface area (Å²) >= 11 is 0. The van der Waals surface area contributed by atoms with Gasteiger partial charge in [-0.05, 0) is 104 Å². The Kier molecular flexibility index (Phi) is 5.86. The molecule has 1 nitrogen and oxygen atoms in total. The Hall–Kier alpha value is -0.560. The number of hydrogen-bond donors (Lipinski definition) is 1. The number of rotatable bonds is 4. The summed E-state index contributed by atoms with van der Waals surface area (Å²) in [5.74, 6) is 4.48. The van der Waals surface area contributed by atoms with Gasteiger partial charge in [0.2, 0.25) is 0 Å².